The molecule has 0 radical (unpaired) electrons. The van der Waals surface area contributed by atoms with Gasteiger partial charge in [0.05, 0.1) is 5.69 Å². The molecule has 0 unspecified atom stereocenters. The molecule has 0 bridgehead atoms. The van der Waals surface area contributed by atoms with E-state index in [1.54, 1.807) is 18.2 Å². The Morgan fingerprint density at radius 2 is 2.17 bits per heavy atom. The Morgan fingerprint density at radius 3 is 2.94 bits per heavy atom. The molecule has 1 aliphatic heterocycles. The van der Waals surface area contributed by atoms with E-state index in [0.717, 1.165) is 0 Å². The molecule has 8 heteroatoms. The van der Waals surface area contributed by atoms with Crippen molar-refractivity contribution >= 4 is 22.0 Å². The number of hydrogen-bond donors (Lipinski definition) is 0. The van der Waals surface area contributed by atoms with E-state index < -0.39 is 10.0 Å². The van der Waals surface area contributed by atoms with Crippen LogP contribution in [0.2, 0.25) is 0 Å². The highest BCUT2D eigenvalue weighted by molar-refractivity contribution is 7.89. The maximum Gasteiger partial charge on any atom is 0.267 e. The number of nitrogens with zero attached hydrogens (tertiary/aromatic N) is 5. The van der Waals surface area contributed by atoms with E-state index in [1.807, 2.05) is 0 Å². The standard InChI is InChI=1S/C10H11N5O2S/c11-14-13-6-3-7-15-8-12-9-4-1-2-5-10(9)18(15,16)17/h1-2,4-5,8H,3,6-7H2. The Labute approximate surface area is 104 Å². The van der Waals surface area contributed by atoms with Crippen LogP contribution in [0.15, 0.2) is 39.3 Å². The molecule has 1 aliphatic rings. The second-order valence-electron chi connectivity index (χ2n) is 3.64. The van der Waals surface area contributed by atoms with Crippen LogP contribution in [0.4, 0.5) is 5.69 Å². The lowest BCUT2D eigenvalue weighted by Gasteiger charge is -2.23. The Kier molecular flexibility index (Phi) is 3.50. The quantitative estimate of drug-likeness (QED) is 0.360. The molecule has 2 rings (SSSR count). The van der Waals surface area contributed by atoms with Gasteiger partial charge in [0, 0.05) is 18.0 Å². The van der Waals surface area contributed by atoms with Gasteiger partial charge < -0.3 is 0 Å². The van der Waals surface area contributed by atoms with E-state index in [-0.39, 0.29) is 18.0 Å². The minimum absolute atomic E-state index is 0.205. The number of sulfonamides is 1. The molecule has 0 fully saturated rings. The Balaban J connectivity index is 2.20. The van der Waals surface area contributed by atoms with E-state index in [4.69, 9.17) is 5.53 Å². The van der Waals surface area contributed by atoms with Gasteiger partial charge in [-0.2, -0.15) is 0 Å². The predicted molar refractivity (Wildman–Crippen MR) is 67.1 cm³/mol. The minimum Gasteiger partial charge on any atom is -0.256 e. The SMILES string of the molecule is [N-]=[N+]=NCCCN1C=Nc2ccccc2S1(=O)=O. The van der Waals surface area contributed by atoms with Crippen LogP contribution >= 0.6 is 0 Å². The van der Waals surface area contributed by atoms with Crippen molar-refractivity contribution in [2.24, 2.45) is 10.1 Å². The summed E-state index contributed by atoms with van der Waals surface area (Å²) in [5, 5.41) is 3.36. The second kappa shape index (κ2) is 5.07. The highest BCUT2D eigenvalue weighted by atomic mass is 32.2. The van der Waals surface area contributed by atoms with Crippen molar-refractivity contribution in [2.45, 2.75) is 11.3 Å². The number of rotatable bonds is 4. The third-order valence-corrected chi connectivity index (χ3v) is 4.27. The molecular formula is C10H11N5O2S. The molecule has 7 nitrogen and oxygen atoms in total. The highest BCUT2D eigenvalue weighted by Gasteiger charge is 2.27. The van der Waals surface area contributed by atoms with Gasteiger partial charge in [-0.05, 0) is 24.1 Å². The highest BCUT2D eigenvalue weighted by Crippen LogP contribution is 2.29. The van der Waals surface area contributed by atoms with E-state index in [9.17, 15) is 8.42 Å². The summed E-state index contributed by atoms with van der Waals surface area (Å²) in [6, 6.07) is 6.58. The van der Waals surface area contributed by atoms with E-state index in [2.05, 4.69) is 15.0 Å². The van der Waals surface area contributed by atoms with E-state index >= 15 is 0 Å². The lowest BCUT2D eigenvalue weighted by Crippen LogP contribution is -2.33. The van der Waals surface area contributed by atoms with E-state index in [0.29, 0.717) is 12.1 Å². The average molecular weight is 265 g/mol. The monoisotopic (exact) mass is 265 g/mol. The van der Waals surface area contributed by atoms with Gasteiger partial charge in [0.15, 0.2) is 0 Å². The van der Waals surface area contributed by atoms with Crippen LogP contribution in [0.3, 0.4) is 0 Å². The molecule has 0 amide bonds. The number of aliphatic imine (C=N–C) groups is 1. The summed E-state index contributed by atoms with van der Waals surface area (Å²) in [6.07, 6.45) is 1.76. The van der Waals surface area contributed by atoms with Crippen LogP contribution in [-0.4, -0.2) is 32.2 Å². The largest absolute Gasteiger partial charge is 0.267 e. The molecule has 1 heterocycles. The lowest BCUT2D eigenvalue weighted by molar-refractivity contribution is 0.517. The van der Waals surface area contributed by atoms with Crippen molar-refractivity contribution < 1.29 is 8.42 Å². The third-order valence-electron chi connectivity index (χ3n) is 2.48. The van der Waals surface area contributed by atoms with Crippen molar-refractivity contribution in [2.75, 3.05) is 13.1 Å². The smallest absolute Gasteiger partial charge is 0.256 e. The van der Waals surface area contributed by atoms with Crippen LogP contribution in [-0.2, 0) is 10.0 Å². The zero-order valence-electron chi connectivity index (χ0n) is 9.47. The first-order chi connectivity index (χ1) is 8.66. The topological polar surface area (TPSA) is 98.5 Å². The summed E-state index contributed by atoms with van der Waals surface area (Å²) < 4.78 is 25.6. The van der Waals surface area contributed by atoms with Gasteiger partial charge in [0.2, 0.25) is 0 Å². The average Bonchev–Trinajstić information content (AvgIpc) is 2.37. The van der Waals surface area contributed by atoms with Gasteiger partial charge in [0.25, 0.3) is 10.0 Å². The molecule has 0 N–H and O–H groups in total. The molecule has 0 aliphatic carbocycles. The van der Waals surface area contributed by atoms with Gasteiger partial charge in [-0.1, -0.05) is 17.2 Å². The van der Waals surface area contributed by atoms with Crippen LogP contribution in [0.25, 0.3) is 10.4 Å². The third kappa shape index (κ3) is 2.29. The summed E-state index contributed by atoms with van der Waals surface area (Å²) in [6.45, 7) is 0.511. The molecule has 0 saturated carbocycles. The zero-order chi connectivity index (χ0) is 13.0. The van der Waals surface area contributed by atoms with Crippen LogP contribution in [0, 0.1) is 0 Å². The lowest BCUT2D eigenvalue weighted by atomic mass is 10.3. The summed E-state index contributed by atoms with van der Waals surface area (Å²) in [5.41, 5.74) is 8.58. The Hall–Kier alpha value is -2.05. The van der Waals surface area contributed by atoms with Crippen LogP contribution < -0.4 is 0 Å². The first-order valence-electron chi connectivity index (χ1n) is 5.32. The number of azide groups is 1. The number of benzene rings is 1. The summed E-state index contributed by atoms with van der Waals surface area (Å²) in [5.74, 6) is 0. The van der Waals surface area contributed by atoms with Gasteiger partial charge >= 0.3 is 0 Å². The normalized spacial score (nSPS) is 15.9. The predicted octanol–water partition coefficient (Wildman–Crippen LogP) is 2.05. The van der Waals surface area contributed by atoms with Gasteiger partial charge in [0.1, 0.15) is 11.2 Å². The van der Waals surface area contributed by atoms with Crippen LogP contribution in [0.5, 0.6) is 0 Å². The maximum absolute atomic E-state index is 12.2. The van der Waals surface area contributed by atoms with Crippen molar-refractivity contribution in [1.82, 2.24) is 4.31 Å². The summed E-state index contributed by atoms with van der Waals surface area (Å²) in [7, 11) is -3.52. The molecule has 0 atom stereocenters. The molecule has 18 heavy (non-hydrogen) atoms. The molecule has 0 aromatic heterocycles. The van der Waals surface area contributed by atoms with Crippen molar-refractivity contribution in [3.8, 4) is 0 Å². The number of para-hydroxylation sites is 1. The molecular weight excluding hydrogens is 254 g/mol. The van der Waals surface area contributed by atoms with E-state index in [1.165, 1.54) is 16.7 Å². The fourth-order valence-electron chi connectivity index (χ4n) is 1.62. The van der Waals surface area contributed by atoms with Gasteiger partial charge in [-0.25, -0.2) is 13.4 Å². The summed E-state index contributed by atoms with van der Waals surface area (Å²) in [4.78, 5) is 6.91. The maximum atomic E-state index is 12.2. The van der Waals surface area contributed by atoms with Crippen molar-refractivity contribution in [3.05, 3.63) is 34.7 Å². The van der Waals surface area contributed by atoms with Gasteiger partial charge in [-0.3, -0.25) is 4.31 Å². The number of hydrogen-bond acceptors (Lipinski definition) is 4. The molecule has 0 saturated heterocycles. The second-order valence-corrected chi connectivity index (χ2v) is 5.50. The van der Waals surface area contributed by atoms with Crippen LogP contribution in [0.1, 0.15) is 6.42 Å². The molecule has 1 aromatic carbocycles. The van der Waals surface area contributed by atoms with Crippen molar-refractivity contribution in [3.63, 3.8) is 0 Å². The fraction of sp³-hybridized carbons (Fsp3) is 0.300. The zero-order valence-corrected chi connectivity index (χ0v) is 10.3. The fourth-order valence-corrected chi connectivity index (χ4v) is 3.05. The number of fused-ring (bicyclic) bond motifs is 1. The Bertz CT molecular complexity index is 619. The first-order valence-corrected chi connectivity index (χ1v) is 6.76. The first kappa shape index (κ1) is 12.4. The Morgan fingerprint density at radius 1 is 1.39 bits per heavy atom. The summed E-state index contributed by atoms with van der Waals surface area (Å²) >= 11 is 0. The molecule has 94 valence electrons. The van der Waals surface area contributed by atoms with Crippen molar-refractivity contribution in [1.29, 1.82) is 0 Å². The van der Waals surface area contributed by atoms with Gasteiger partial charge in [-0.15, -0.1) is 0 Å². The molecule has 0 spiro atoms. The minimum atomic E-state index is -3.52. The molecule has 1 aromatic rings.